The summed E-state index contributed by atoms with van der Waals surface area (Å²) in [6.07, 6.45) is 8.96. The maximum atomic E-state index is 2.52. The van der Waals surface area contributed by atoms with Crippen molar-refractivity contribution < 1.29 is 0 Å². The molecule has 63 heavy (non-hydrogen) atoms. The molecule has 1 atom stereocenters. The molecule has 1 aromatic heterocycles. The molecule has 2 heteroatoms. The molecule has 1 unspecified atom stereocenters. The molecular weight excluding hydrogens is 761 g/mol. The standard InChI is InChI=1S/C61H44N2/c1-5-20-43(21-6-1)44-36-38-48(39-37-44)62(56-32-16-13-28-50(56)45-22-7-2-8-23-45)49-40-41-53-55(42-49)61(46-24-9-3-10-25-46,47-26-11-4-12-27-47)54-31-19-35-59(60(53)54)63-57-33-17-14-29-51(57)52-30-15-18-34-58(52)63/h1-11,13-26,28-42H,12,27H2. The fourth-order valence-electron chi connectivity index (χ4n) is 10.7. The molecule has 0 bridgehead atoms. The van der Waals surface area contributed by atoms with Crippen LogP contribution < -0.4 is 4.90 Å². The monoisotopic (exact) mass is 804 g/mol. The van der Waals surface area contributed by atoms with Crippen LogP contribution in [0.4, 0.5) is 17.1 Å². The SMILES string of the molecule is C1=CCCC(C2(c3ccccc3)c3cc(N(c4ccc(-c5ccccc5)cc4)c4ccccc4-c4ccccc4)ccc3-c3c(-n4c5ccccc5c5ccccc54)cccc32)=C1. The van der Waals surface area contributed by atoms with Gasteiger partial charge in [-0.25, -0.2) is 0 Å². The second-order valence-electron chi connectivity index (χ2n) is 16.7. The van der Waals surface area contributed by atoms with Gasteiger partial charge in [0.05, 0.1) is 27.8 Å². The van der Waals surface area contributed by atoms with Crippen molar-refractivity contribution in [3.8, 4) is 39.1 Å². The first-order chi connectivity index (χ1) is 31.3. The van der Waals surface area contributed by atoms with Gasteiger partial charge in [-0.3, -0.25) is 0 Å². The van der Waals surface area contributed by atoms with Gasteiger partial charge in [0.2, 0.25) is 0 Å². The van der Waals surface area contributed by atoms with Gasteiger partial charge in [0.15, 0.2) is 0 Å². The molecule has 0 amide bonds. The first-order valence-corrected chi connectivity index (χ1v) is 22.1. The minimum Gasteiger partial charge on any atom is -0.310 e. The molecule has 0 saturated heterocycles. The number of nitrogens with zero attached hydrogens (tertiary/aromatic N) is 2. The number of para-hydroxylation sites is 3. The van der Waals surface area contributed by atoms with Crippen molar-refractivity contribution in [2.75, 3.05) is 4.90 Å². The predicted molar refractivity (Wildman–Crippen MR) is 265 cm³/mol. The highest BCUT2D eigenvalue weighted by atomic mass is 15.1. The highest BCUT2D eigenvalue weighted by Gasteiger charge is 2.48. The summed E-state index contributed by atoms with van der Waals surface area (Å²) in [5.41, 5.74) is 19.1. The molecule has 1 heterocycles. The number of fused-ring (bicyclic) bond motifs is 6. The first kappa shape index (κ1) is 36.9. The van der Waals surface area contributed by atoms with Crippen molar-refractivity contribution in [2.24, 2.45) is 0 Å². The Morgan fingerprint density at radius 3 is 1.75 bits per heavy atom. The van der Waals surface area contributed by atoms with Gasteiger partial charge in [-0.1, -0.05) is 200 Å². The molecule has 0 fully saturated rings. The van der Waals surface area contributed by atoms with Gasteiger partial charge < -0.3 is 9.47 Å². The van der Waals surface area contributed by atoms with Crippen LogP contribution in [0.1, 0.15) is 29.5 Å². The van der Waals surface area contributed by atoms with E-state index in [4.69, 9.17) is 0 Å². The van der Waals surface area contributed by atoms with Gasteiger partial charge in [-0.15, -0.1) is 0 Å². The summed E-state index contributed by atoms with van der Waals surface area (Å²) in [6, 6.07) is 82.7. The second kappa shape index (κ2) is 15.2. The van der Waals surface area contributed by atoms with E-state index in [9.17, 15) is 0 Å². The number of anilines is 3. The number of rotatable bonds is 8. The Kier molecular flexibility index (Phi) is 8.90. The fraction of sp³-hybridized carbons (Fsp3) is 0.0492. The summed E-state index contributed by atoms with van der Waals surface area (Å²) in [6.45, 7) is 0. The van der Waals surface area contributed by atoms with Gasteiger partial charge in [-0.2, -0.15) is 0 Å². The first-order valence-electron chi connectivity index (χ1n) is 22.1. The lowest BCUT2D eigenvalue weighted by molar-refractivity contribution is 0.692. The lowest BCUT2D eigenvalue weighted by atomic mass is 9.65. The smallest absolute Gasteiger partial charge is 0.0678 e. The minimum absolute atomic E-state index is 0.538. The van der Waals surface area contributed by atoms with E-state index in [1.54, 1.807) is 0 Å². The highest BCUT2D eigenvalue weighted by molar-refractivity contribution is 6.10. The van der Waals surface area contributed by atoms with E-state index >= 15 is 0 Å². The van der Waals surface area contributed by atoms with Crippen LogP contribution in [-0.2, 0) is 5.41 Å². The lowest BCUT2D eigenvalue weighted by Crippen LogP contribution is -2.30. The van der Waals surface area contributed by atoms with Crippen LogP contribution in [0.25, 0.3) is 60.9 Å². The maximum Gasteiger partial charge on any atom is 0.0678 e. The number of allylic oxidation sites excluding steroid dienone is 4. The Labute approximate surface area is 369 Å². The van der Waals surface area contributed by atoms with E-state index < -0.39 is 5.41 Å². The van der Waals surface area contributed by atoms with Crippen LogP contribution in [0.2, 0.25) is 0 Å². The van der Waals surface area contributed by atoms with Gasteiger partial charge >= 0.3 is 0 Å². The third kappa shape index (κ3) is 5.86. The minimum atomic E-state index is -0.538. The summed E-state index contributed by atoms with van der Waals surface area (Å²) >= 11 is 0. The van der Waals surface area contributed by atoms with Crippen molar-refractivity contribution in [1.29, 1.82) is 0 Å². The topological polar surface area (TPSA) is 8.17 Å². The molecule has 0 radical (unpaired) electrons. The quantitative estimate of drug-likeness (QED) is 0.149. The lowest BCUT2D eigenvalue weighted by Gasteiger charge is -2.37. The fourth-order valence-corrected chi connectivity index (χ4v) is 10.7. The summed E-state index contributed by atoms with van der Waals surface area (Å²) in [5, 5.41) is 2.53. The van der Waals surface area contributed by atoms with E-state index in [1.165, 1.54) is 83.1 Å². The highest BCUT2D eigenvalue weighted by Crippen LogP contribution is 2.60. The Morgan fingerprint density at radius 1 is 0.444 bits per heavy atom. The van der Waals surface area contributed by atoms with E-state index in [-0.39, 0.29) is 0 Å². The zero-order valence-electron chi connectivity index (χ0n) is 34.9. The normalized spacial score (nSPS) is 15.3. The van der Waals surface area contributed by atoms with Crippen molar-refractivity contribution in [2.45, 2.75) is 18.3 Å². The van der Waals surface area contributed by atoms with Gasteiger partial charge in [0.25, 0.3) is 0 Å². The van der Waals surface area contributed by atoms with Crippen molar-refractivity contribution in [3.05, 3.63) is 265 Å². The molecule has 2 nitrogen and oxygen atoms in total. The summed E-state index contributed by atoms with van der Waals surface area (Å²) in [4.78, 5) is 2.47. The molecule has 0 N–H and O–H groups in total. The summed E-state index contributed by atoms with van der Waals surface area (Å²) in [5.74, 6) is 0. The molecule has 9 aromatic carbocycles. The van der Waals surface area contributed by atoms with Gasteiger partial charge in [0.1, 0.15) is 0 Å². The Morgan fingerprint density at radius 2 is 1.05 bits per heavy atom. The van der Waals surface area contributed by atoms with Crippen molar-refractivity contribution in [1.82, 2.24) is 4.57 Å². The summed E-state index contributed by atoms with van der Waals surface area (Å²) in [7, 11) is 0. The van der Waals surface area contributed by atoms with Gasteiger partial charge in [-0.05, 0) is 100 Å². The Bertz CT molecular complexity index is 3320. The molecule has 0 aliphatic heterocycles. The van der Waals surface area contributed by atoms with Crippen LogP contribution in [0, 0.1) is 0 Å². The van der Waals surface area contributed by atoms with Crippen molar-refractivity contribution in [3.63, 3.8) is 0 Å². The Balaban J connectivity index is 1.16. The van der Waals surface area contributed by atoms with E-state index in [0.717, 1.165) is 29.9 Å². The number of benzene rings is 9. The van der Waals surface area contributed by atoms with E-state index in [1.807, 2.05) is 0 Å². The molecule has 12 rings (SSSR count). The molecule has 0 saturated carbocycles. The predicted octanol–water partition coefficient (Wildman–Crippen LogP) is 16.2. The molecular formula is C61H44N2. The number of hydrogen-bond acceptors (Lipinski definition) is 1. The maximum absolute atomic E-state index is 2.52. The molecule has 2 aliphatic rings. The largest absolute Gasteiger partial charge is 0.310 e. The van der Waals surface area contributed by atoms with Crippen molar-refractivity contribution >= 4 is 38.9 Å². The van der Waals surface area contributed by atoms with E-state index in [2.05, 4.69) is 252 Å². The average molecular weight is 805 g/mol. The van der Waals surface area contributed by atoms with Gasteiger partial charge in [0, 0.05) is 33.3 Å². The van der Waals surface area contributed by atoms with Crippen LogP contribution in [0.5, 0.6) is 0 Å². The molecule has 298 valence electrons. The number of aromatic nitrogens is 1. The molecule has 2 aliphatic carbocycles. The van der Waals surface area contributed by atoms with Crippen LogP contribution >= 0.6 is 0 Å². The van der Waals surface area contributed by atoms with E-state index in [0.29, 0.717) is 0 Å². The Hall–Kier alpha value is -7.94. The third-order valence-corrected chi connectivity index (χ3v) is 13.4. The van der Waals surface area contributed by atoms with Crippen LogP contribution in [0.3, 0.4) is 0 Å². The van der Waals surface area contributed by atoms with Crippen LogP contribution in [-0.4, -0.2) is 4.57 Å². The third-order valence-electron chi connectivity index (χ3n) is 13.4. The van der Waals surface area contributed by atoms with Crippen LogP contribution in [0.15, 0.2) is 248 Å². The number of hydrogen-bond donors (Lipinski definition) is 0. The molecule has 0 spiro atoms. The second-order valence-corrected chi connectivity index (χ2v) is 16.7. The summed E-state index contributed by atoms with van der Waals surface area (Å²) < 4.78 is 2.51. The molecule has 10 aromatic rings. The zero-order chi connectivity index (χ0) is 41.7. The average Bonchev–Trinajstić information content (AvgIpc) is 3.86. The zero-order valence-corrected chi connectivity index (χ0v) is 34.9.